The second-order valence-corrected chi connectivity index (χ2v) is 4.09. The zero-order valence-corrected chi connectivity index (χ0v) is 9.08. The summed E-state index contributed by atoms with van der Waals surface area (Å²) in [5.41, 5.74) is 0. The number of likely N-dealkylation sites (N-methyl/N-ethyl adjacent to an activating group) is 2. The molecule has 76 valence electrons. The van der Waals surface area contributed by atoms with E-state index in [2.05, 4.69) is 18.7 Å². The van der Waals surface area contributed by atoms with Crippen molar-refractivity contribution in [3.63, 3.8) is 0 Å². The first-order valence-corrected chi connectivity index (χ1v) is 5.07. The molecule has 1 aliphatic rings. The van der Waals surface area contributed by atoms with Gasteiger partial charge in [0.25, 0.3) is 0 Å². The van der Waals surface area contributed by atoms with Gasteiger partial charge in [-0.2, -0.15) is 0 Å². The van der Waals surface area contributed by atoms with E-state index in [1.165, 1.54) is 0 Å². The van der Waals surface area contributed by atoms with Crippen LogP contribution in [-0.4, -0.2) is 48.4 Å². The predicted molar refractivity (Wildman–Crippen MR) is 53.5 cm³/mol. The van der Waals surface area contributed by atoms with Crippen molar-refractivity contribution in [2.75, 3.05) is 26.7 Å². The molecule has 0 aromatic rings. The average molecular weight is 184 g/mol. The Morgan fingerprint density at radius 2 is 2.08 bits per heavy atom. The van der Waals surface area contributed by atoms with Crippen LogP contribution in [0.15, 0.2) is 0 Å². The summed E-state index contributed by atoms with van der Waals surface area (Å²) in [5, 5.41) is 0. The van der Waals surface area contributed by atoms with E-state index in [1.54, 1.807) is 0 Å². The second-order valence-electron chi connectivity index (χ2n) is 4.09. The molecule has 0 spiro atoms. The maximum absolute atomic E-state index is 11.9. The topological polar surface area (TPSA) is 23.6 Å². The zero-order chi connectivity index (χ0) is 10.0. The summed E-state index contributed by atoms with van der Waals surface area (Å²) in [6.07, 6.45) is 0. The maximum Gasteiger partial charge on any atom is 0.240 e. The maximum atomic E-state index is 11.9. The van der Waals surface area contributed by atoms with E-state index in [1.807, 2.05) is 18.9 Å². The number of amides is 1. The van der Waals surface area contributed by atoms with Crippen molar-refractivity contribution in [3.05, 3.63) is 0 Å². The molecule has 1 atom stereocenters. The fourth-order valence-corrected chi connectivity index (χ4v) is 2.01. The molecule has 0 radical (unpaired) electrons. The van der Waals surface area contributed by atoms with E-state index in [0.29, 0.717) is 11.8 Å². The van der Waals surface area contributed by atoms with E-state index in [0.717, 1.165) is 19.6 Å². The quantitative estimate of drug-likeness (QED) is 0.634. The molecule has 0 bridgehead atoms. The van der Waals surface area contributed by atoms with Gasteiger partial charge < -0.3 is 4.90 Å². The van der Waals surface area contributed by atoms with Crippen molar-refractivity contribution >= 4 is 5.91 Å². The number of piperazine rings is 1. The Morgan fingerprint density at radius 3 is 2.54 bits per heavy atom. The van der Waals surface area contributed by atoms with Gasteiger partial charge in [0.2, 0.25) is 5.91 Å². The van der Waals surface area contributed by atoms with Gasteiger partial charge in [-0.15, -0.1) is 0 Å². The predicted octanol–water partition coefficient (Wildman–Crippen LogP) is 0.805. The molecule has 1 saturated heterocycles. The molecule has 0 aliphatic carbocycles. The van der Waals surface area contributed by atoms with Gasteiger partial charge in [-0.25, -0.2) is 0 Å². The average Bonchev–Trinajstić information content (AvgIpc) is 2.04. The standard InChI is InChI=1S/C10H20N2O/c1-5-12-7-6-11(4)9(8(2)3)10(12)13/h8-9H,5-7H2,1-4H3. The number of hydrogen-bond acceptors (Lipinski definition) is 2. The minimum atomic E-state index is 0.0914. The number of rotatable bonds is 2. The molecule has 1 amide bonds. The molecule has 13 heavy (non-hydrogen) atoms. The highest BCUT2D eigenvalue weighted by Gasteiger charge is 2.33. The molecule has 0 saturated carbocycles. The summed E-state index contributed by atoms with van der Waals surface area (Å²) >= 11 is 0. The molecule has 1 aliphatic heterocycles. The Balaban J connectivity index is 2.72. The summed E-state index contributed by atoms with van der Waals surface area (Å²) in [6, 6.07) is 0.0914. The SMILES string of the molecule is CCN1CCN(C)C(C(C)C)C1=O. The lowest BCUT2D eigenvalue weighted by Crippen LogP contribution is -2.57. The minimum Gasteiger partial charge on any atom is -0.340 e. The van der Waals surface area contributed by atoms with Crippen LogP contribution in [0.5, 0.6) is 0 Å². The summed E-state index contributed by atoms with van der Waals surface area (Å²) in [4.78, 5) is 16.0. The largest absolute Gasteiger partial charge is 0.340 e. The Hall–Kier alpha value is -0.570. The van der Waals surface area contributed by atoms with Gasteiger partial charge in [0, 0.05) is 19.6 Å². The summed E-state index contributed by atoms with van der Waals surface area (Å²) < 4.78 is 0. The van der Waals surface area contributed by atoms with Crippen LogP contribution in [0.4, 0.5) is 0 Å². The van der Waals surface area contributed by atoms with Gasteiger partial charge in [-0.3, -0.25) is 9.69 Å². The van der Waals surface area contributed by atoms with Gasteiger partial charge >= 0.3 is 0 Å². The third-order valence-electron chi connectivity index (χ3n) is 2.78. The third kappa shape index (κ3) is 2.02. The Morgan fingerprint density at radius 1 is 1.46 bits per heavy atom. The van der Waals surface area contributed by atoms with E-state index in [-0.39, 0.29) is 6.04 Å². The molecule has 3 nitrogen and oxygen atoms in total. The van der Waals surface area contributed by atoms with Crippen LogP contribution in [0.1, 0.15) is 20.8 Å². The van der Waals surface area contributed by atoms with Crippen LogP contribution in [0.3, 0.4) is 0 Å². The molecule has 1 unspecified atom stereocenters. The van der Waals surface area contributed by atoms with Gasteiger partial charge in [-0.1, -0.05) is 13.8 Å². The van der Waals surface area contributed by atoms with Crippen LogP contribution < -0.4 is 0 Å². The van der Waals surface area contributed by atoms with Crippen LogP contribution in [0.2, 0.25) is 0 Å². The molecular formula is C10H20N2O. The number of hydrogen-bond donors (Lipinski definition) is 0. The highest BCUT2D eigenvalue weighted by atomic mass is 16.2. The molecule has 0 aromatic carbocycles. The fourth-order valence-electron chi connectivity index (χ4n) is 2.01. The highest BCUT2D eigenvalue weighted by Crippen LogP contribution is 2.16. The molecule has 0 aromatic heterocycles. The zero-order valence-electron chi connectivity index (χ0n) is 9.08. The number of carbonyl (C=O) groups is 1. The Bertz CT molecular complexity index is 191. The first kappa shape index (κ1) is 10.5. The minimum absolute atomic E-state index is 0.0914. The molecule has 1 heterocycles. The van der Waals surface area contributed by atoms with Gasteiger partial charge in [-0.05, 0) is 19.9 Å². The van der Waals surface area contributed by atoms with Crippen LogP contribution in [0.25, 0.3) is 0 Å². The molecule has 0 N–H and O–H groups in total. The first-order valence-electron chi connectivity index (χ1n) is 5.07. The second kappa shape index (κ2) is 4.09. The molecule has 1 fully saturated rings. The smallest absolute Gasteiger partial charge is 0.240 e. The molecule has 3 heteroatoms. The Kier molecular flexibility index (Phi) is 3.31. The van der Waals surface area contributed by atoms with E-state index in [4.69, 9.17) is 0 Å². The summed E-state index contributed by atoms with van der Waals surface area (Å²) in [7, 11) is 2.04. The van der Waals surface area contributed by atoms with Crippen LogP contribution >= 0.6 is 0 Å². The van der Waals surface area contributed by atoms with E-state index < -0.39 is 0 Å². The highest BCUT2D eigenvalue weighted by molar-refractivity contribution is 5.82. The monoisotopic (exact) mass is 184 g/mol. The van der Waals surface area contributed by atoms with Crippen LogP contribution in [-0.2, 0) is 4.79 Å². The van der Waals surface area contributed by atoms with Gasteiger partial charge in [0.1, 0.15) is 0 Å². The molecular weight excluding hydrogens is 164 g/mol. The van der Waals surface area contributed by atoms with Crippen molar-refractivity contribution in [1.82, 2.24) is 9.80 Å². The first-order chi connectivity index (χ1) is 6.07. The lowest BCUT2D eigenvalue weighted by atomic mass is 9.99. The van der Waals surface area contributed by atoms with Crippen molar-refractivity contribution in [1.29, 1.82) is 0 Å². The van der Waals surface area contributed by atoms with Crippen molar-refractivity contribution in [3.8, 4) is 0 Å². The van der Waals surface area contributed by atoms with E-state index in [9.17, 15) is 4.79 Å². The molecule has 1 rings (SSSR count). The van der Waals surface area contributed by atoms with Gasteiger partial charge in [0.05, 0.1) is 6.04 Å². The lowest BCUT2D eigenvalue weighted by molar-refractivity contribution is -0.142. The summed E-state index contributed by atoms with van der Waals surface area (Å²) in [6.45, 7) is 8.99. The third-order valence-corrected chi connectivity index (χ3v) is 2.78. The van der Waals surface area contributed by atoms with Crippen molar-refractivity contribution in [2.45, 2.75) is 26.8 Å². The van der Waals surface area contributed by atoms with Crippen molar-refractivity contribution < 1.29 is 4.79 Å². The fraction of sp³-hybridized carbons (Fsp3) is 0.900. The normalized spacial score (nSPS) is 25.8. The number of carbonyl (C=O) groups excluding carboxylic acids is 1. The number of nitrogens with zero attached hydrogens (tertiary/aromatic N) is 2. The Labute approximate surface area is 80.7 Å². The summed E-state index contributed by atoms with van der Waals surface area (Å²) in [5.74, 6) is 0.707. The van der Waals surface area contributed by atoms with Gasteiger partial charge in [0.15, 0.2) is 0 Å². The lowest BCUT2D eigenvalue weighted by Gasteiger charge is -2.40. The van der Waals surface area contributed by atoms with Crippen molar-refractivity contribution in [2.24, 2.45) is 5.92 Å². The van der Waals surface area contributed by atoms with Crippen LogP contribution in [0, 0.1) is 5.92 Å². The van der Waals surface area contributed by atoms with E-state index >= 15 is 0 Å².